The van der Waals surface area contributed by atoms with Crippen molar-refractivity contribution in [1.82, 2.24) is 14.7 Å². The molecule has 116 valence electrons. The molecule has 2 rings (SSSR count). The van der Waals surface area contributed by atoms with E-state index in [1.54, 1.807) is 0 Å². The maximum absolute atomic E-state index is 10.6. The zero-order valence-electron chi connectivity index (χ0n) is 12.3. The Morgan fingerprint density at radius 2 is 1.40 bits per heavy atom. The molecule has 0 aromatic carbocycles. The first-order valence-electron chi connectivity index (χ1n) is 7.70. The largest absolute Gasteiger partial charge is 0.481 e. The molecule has 0 spiro atoms. The third kappa shape index (κ3) is 5.75. The minimum Gasteiger partial charge on any atom is -0.481 e. The van der Waals surface area contributed by atoms with Crippen molar-refractivity contribution in [2.45, 2.75) is 12.8 Å². The summed E-state index contributed by atoms with van der Waals surface area (Å²) >= 11 is 0. The lowest BCUT2D eigenvalue weighted by Crippen LogP contribution is -2.42. The van der Waals surface area contributed by atoms with Crippen molar-refractivity contribution in [2.24, 2.45) is 0 Å². The van der Waals surface area contributed by atoms with E-state index < -0.39 is 5.97 Å². The third-order valence-electron chi connectivity index (χ3n) is 4.16. The van der Waals surface area contributed by atoms with Crippen LogP contribution in [0.2, 0.25) is 0 Å². The maximum atomic E-state index is 10.6. The molecule has 2 heterocycles. The maximum Gasteiger partial charge on any atom is 0.304 e. The van der Waals surface area contributed by atoms with Crippen LogP contribution >= 0.6 is 0 Å². The summed E-state index contributed by atoms with van der Waals surface area (Å²) in [5.41, 5.74) is 0. The minimum atomic E-state index is -0.696. The van der Waals surface area contributed by atoms with E-state index in [4.69, 9.17) is 9.84 Å². The van der Waals surface area contributed by atoms with Crippen molar-refractivity contribution in [3.05, 3.63) is 0 Å². The van der Waals surface area contributed by atoms with Gasteiger partial charge < -0.3 is 19.6 Å². The van der Waals surface area contributed by atoms with Crippen molar-refractivity contribution in [3.63, 3.8) is 0 Å². The summed E-state index contributed by atoms with van der Waals surface area (Å²) in [6, 6.07) is 0. The molecule has 2 aliphatic heterocycles. The van der Waals surface area contributed by atoms with Gasteiger partial charge in [0.15, 0.2) is 0 Å². The van der Waals surface area contributed by atoms with Gasteiger partial charge in [0.25, 0.3) is 0 Å². The fourth-order valence-electron chi connectivity index (χ4n) is 2.83. The Kier molecular flexibility index (Phi) is 6.72. The fraction of sp³-hybridized carbons (Fsp3) is 0.929. The normalized spacial score (nSPS) is 23.6. The summed E-state index contributed by atoms with van der Waals surface area (Å²) in [5, 5.41) is 8.74. The molecular formula is C14H27N3O3. The molecule has 2 aliphatic rings. The van der Waals surface area contributed by atoms with Gasteiger partial charge in [-0.2, -0.15) is 0 Å². The Bertz CT molecular complexity index is 295. The number of hydrogen-bond donors (Lipinski definition) is 1. The molecule has 0 aliphatic carbocycles. The van der Waals surface area contributed by atoms with Crippen LogP contribution in [-0.4, -0.2) is 97.9 Å². The van der Waals surface area contributed by atoms with E-state index in [-0.39, 0.29) is 6.42 Å². The molecule has 0 aromatic rings. The molecule has 6 nitrogen and oxygen atoms in total. The Hall–Kier alpha value is -0.690. The second-order valence-corrected chi connectivity index (χ2v) is 5.63. The van der Waals surface area contributed by atoms with E-state index in [0.29, 0.717) is 6.54 Å². The molecule has 0 unspecified atom stereocenters. The number of carboxylic acids is 1. The highest BCUT2D eigenvalue weighted by Gasteiger charge is 2.17. The molecule has 0 atom stereocenters. The average Bonchev–Trinajstić information content (AvgIpc) is 2.69. The summed E-state index contributed by atoms with van der Waals surface area (Å²) in [6.07, 6.45) is 1.40. The van der Waals surface area contributed by atoms with Crippen LogP contribution in [0.3, 0.4) is 0 Å². The van der Waals surface area contributed by atoms with Crippen LogP contribution in [0, 0.1) is 0 Å². The van der Waals surface area contributed by atoms with Gasteiger partial charge in [-0.3, -0.25) is 9.69 Å². The van der Waals surface area contributed by atoms with Crippen LogP contribution in [0.1, 0.15) is 12.8 Å². The van der Waals surface area contributed by atoms with E-state index >= 15 is 0 Å². The lowest BCUT2D eigenvalue weighted by Gasteiger charge is -2.29. The predicted molar refractivity (Wildman–Crippen MR) is 77.0 cm³/mol. The quantitative estimate of drug-likeness (QED) is 0.729. The van der Waals surface area contributed by atoms with Gasteiger partial charge in [-0.25, -0.2) is 0 Å². The monoisotopic (exact) mass is 285 g/mol. The first-order valence-corrected chi connectivity index (χ1v) is 7.70. The fourth-order valence-corrected chi connectivity index (χ4v) is 2.83. The Labute approximate surface area is 121 Å². The third-order valence-corrected chi connectivity index (χ3v) is 4.16. The number of morpholine rings is 1. The number of carbonyl (C=O) groups is 1. The van der Waals surface area contributed by atoms with E-state index in [2.05, 4.69) is 14.7 Å². The van der Waals surface area contributed by atoms with Crippen LogP contribution < -0.4 is 0 Å². The highest BCUT2D eigenvalue weighted by Crippen LogP contribution is 2.05. The molecule has 0 saturated carbocycles. The molecule has 2 saturated heterocycles. The van der Waals surface area contributed by atoms with E-state index in [9.17, 15) is 4.79 Å². The first-order chi connectivity index (χ1) is 9.74. The standard InChI is InChI=1S/C14H27N3O3/c18-14(19)2-5-15-3-1-4-16(7-6-15)8-9-17-10-12-20-13-11-17/h1-13H2,(H,18,19). The molecule has 0 amide bonds. The summed E-state index contributed by atoms with van der Waals surface area (Å²) in [5.74, 6) is -0.696. The number of rotatable bonds is 6. The first kappa shape index (κ1) is 15.7. The average molecular weight is 285 g/mol. The van der Waals surface area contributed by atoms with Crippen LogP contribution in [0.15, 0.2) is 0 Å². The van der Waals surface area contributed by atoms with Gasteiger partial charge in [-0.15, -0.1) is 0 Å². The number of hydrogen-bond acceptors (Lipinski definition) is 5. The molecule has 6 heteroatoms. The number of carboxylic acid groups (broad SMARTS) is 1. The Morgan fingerprint density at radius 3 is 2.00 bits per heavy atom. The summed E-state index contributed by atoms with van der Waals surface area (Å²) in [6.45, 7) is 11.0. The van der Waals surface area contributed by atoms with Gasteiger partial charge in [-0.05, 0) is 19.5 Å². The molecule has 0 bridgehead atoms. The summed E-state index contributed by atoms with van der Waals surface area (Å²) in [7, 11) is 0. The highest BCUT2D eigenvalue weighted by atomic mass is 16.5. The molecular weight excluding hydrogens is 258 g/mol. The van der Waals surface area contributed by atoms with E-state index in [1.807, 2.05) is 0 Å². The van der Waals surface area contributed by atoms with Crippen molar-refractivity contribution >= 4 is 5.97 Å². The second-order valence-electron chi connectivity index (χ2n) is 5.63. The number of aliphatic carboxylic acids is 1. The van der Waals surface area contributed by atoms with Gasteiger partial charge in [0.2, 0.25) is 0 Å². The topological polar surface area (TPSA) is 56.2 Å². The highest BCUT2D eigenvalue weighted by molar-refractivity contribution is 5.66. The van der Waals surface area contributed by atoms with Crippen LogP contribution in [0.5, 0.6) is 0 Å². The molecule has 1 N–H and O–H groups in total. The lowest BCUT2D eigenvalue weighted by molar-refractivity contribution is -0.137. The molecule has 0 aromatic heterocycles. The van der Waals surface area contributed by atoms with Crippen LogP contribution in [0.25, 0.3) is 0 Å². The van der Waals surface area contributed by atoms with Gasteiger partial charge >= 0.3 is 5.97 Å². The van der Waals surface area contributed by atoms with Gasteiger partial charge in [0.1, 0.15) is 0 Å². The van der Waals surface area contributed by atoms with Crippen molar-refractivity contribution in [2.75, 3.05) is 72.1 Å². The van der Waals surface area contributed by atoms with Crippen LogP contribution in [0.4, 0.5) is 0 Å². The van der Waals surface area contributed by atoms with E-state index in [1.165, 1.54) is 0 Å². The van der Waals surface area contributed by atoms with Gasteiger partial charge in [0, 0.05) is 45.8 Å². The number of ether oxygens (including phenoxy) is 1. The number of nitrogens with zero attached hydrogens (tertiary/aromatic N) is 3. The SMILES string of the molecule is O=C(O)CCN1CCCN(CCN2CCOCC2)CC1. The molecule has 20 heavy (non-hydrogen) atoms. The molecule has 2 fully saturated rings. The summed E-state index contributed by atoms with van der Waals surface area (Å²) < 4.78 is 5.36. The van der Waals surface area contributed by atoms with Crippen molar-refractivity contribution in [3.8, 4) is 0 Å². The Balaban J connectivity index is 1.63. The molecule has 0 radical (unpaired) electrons. The van der Waals surface area contributed by atoms with Crippen molar-refractivity contribution in [1.29, 1.82) is 0 Å². The minimum absolute atomic E-state index is 0.258. The second kappa shape index (κ2) is 8.56. The lowest BCUT2D eigenvalue weighted by atomic mass is 10.3. The summed E-state index contributed by atoms with van der Waals surface area (Å²) in [4.78, 5) is 17.9. The van der Waals surface area contributed by atoms with Gasteiger partial charge in [-0.1, -0.05) is 0 Å². The zero-order valence-corrected chi connectivity index (χ0v) is 12.3. The van der Waals surface area contributed by atoms with Crippen LogP contribution in [-0.2, 0) is 9.53 Å². The Morgan fingerprint density at radius 1 is 0.850 bits per heavy atom. The predicted octanol–water partition coefficient (Wildman–Crippen LogP) is -0.199. The van der Waals surface area contributed by atoms with Gasteiger partial charge in [0.05, 0.1) is 19.6 Å². The van der Waals surface area contributed by atoms with E-state index in [0.717, 1.165) is 72.0 Å². The van der Waals surface area contributed by atoms with Crippen molar-refractivity contribution < 1.29 is 14.6 Å². The zero-order chi connectivity index (χ0) is 14.2. The smallest absolute Gasteiger partial charge is 0.304 e.